The molecular weight excluding hydrogens is 446 g/mol. The summed E-state index contributed by atoms with van der Waals surface area (Å²) in [5.74, 6) is 0.0877. The van der Waals surface area contributed by atoms with Crippen molar-refractivity contribution in [2.24, 2.45) is 0 Å². The molecule has 34 heavy (non-hydrogen) atoms. The van der Waals surface area contributed by atoms with Crippen LogP contribution in [-0.2, 0) is 21.5 Å². The Morgan fingerprint density at radius 1 is 0.971 bits per heavy atom. The van der Waals surface area contributed by atoms with E-state index in [9.17, 15) is 14.4 Å². The lowest BCUT2D eigenvalue weighted by molar-refractivity contribution is -0.134. The normalized spacial score (nSPS) is 23.1. The van der Waals surface area contributed by atoms with Gasteiger partial charge in [-0.15, -0.1) is 11.8 Å². The number of para-hydroxylation sites is 1. The van der Waals surface area contributed by atoms with Crippen LogP contribution in [0.25, 0.3) is 0 Å². The lowest BCUT2D eigenvalue weighted by Crippen LogP contribution is -2.47. The number of thioether (sulfide) groups is 1. The lowest BCUT2D eigenvalue weighted by Gasteiger charge is -2.37. The van der Waals surface area contributed by atoms with Gasteiger partial charge in [-0.1, -0.05) is 66.7 Å². The fourth-order valence-corrected chi connectivity index (χ4v) is 6.53. The first kappa shape index (κ1) is 21.0. The molecule has 1 fully saturated rings. The summed E-state index contributed by atoms with van der Waals surface area (Å²) >= 11 is 1.71. The molecule has 1 aliphatic carbocycles. The van der Waals surface area contributed by atoms with Gasteiger partial charge < -0.3 is 10.2 Å². The zero-order valence-electron chi connectivity index (χ0n) is 18.4. The van der Waals surface area contributed by atoms with Crippen molar-refractivity contribution in [1.29, 1.82) is 0 Å². The smallest absolute Gasteiger partial charge is 0.319 e. The molecule has 0 unspecified atom stereocenters. The van der Waals surface area contributed by atoms with E-state index in [2.05, 4.69) is 5.32 Å². The quantitative estimate of drug-likeness (QED) is 0.582. The Morgan fingerprint density at radius 3 is 2.56 bits per heavy atom. The predicted octanol–water partition coefficient (Wildman–Crippen LogP) is 4.26. The van der Waals surface area contributed by atoms with Crippen molar-refractivity contribution in [1.82, 2.24) is 10.2 Å². The first-order chi connectivity index (χ1) is 16.6. The van der Waals surface area contributed by atoms with Gasteiger partial charge in [0.1, 0.15) is 12.1 Å². The number of benzene rings is 3. The van der Waals surface area contributed by atoms with Crippen molar-refractivity contribution in [2.45, 2.75) is 29.3 Å². The zero-order chi connectivity index (χ0) is 23.3. The maximum atomic E-state index is 13.8. The fraction of sp³-hybridized carbons (Fsp3) is 0.222. The molecule has 3 aliphatic rings. The highest BCUT2D eigenvalue weighted by atomic mass is 32.2. The van der Waals surface area contributed by atoms with E-state index in [-0.39, 0.29) is 24.4 Å². The molecule has 170 valence electrons. The Morgan fingerprint density at radius 2 is 1.71 bits per heavy atom. The molecule has 7 heteroatoms. The van der Waals surface area contributed by atoms with E-state index in [1.807, 2.05) is 78.9 Å². The van der Waals surface area contributed by atoms with E-state index in [0.29, 0.717) is 12.2 Å². The number of nitrogens with one attached hydrogen (secondary N) is 1. The molecule has 0 saturated carbocycles. The van der Waals surface area contributed by atoms with Crippen LogP contribution in [0.4, 0.5) is 10.5 Å². The van der Waals surface area contributed by atoms with Gasteiger partial charge in [0.05, 0.1) is 11.7 Å². The number of hydrogen-bond donors (Lipinski definition) is 1. The van der Waals surface area contributed by atoms with Gasteiger partial charge in [-0.25, -0.2) is 4.79 Å². The molecule has 1 saturated heterocycles. The molecular formula is C27H23N3O3S. The van der Waals surface area contributed by atoms with Gasteiger partial charge in [-0.05, 0) is 41.7 Å². The third kappa shape index (κ3) is 3.15. The minimum absolute atomic E-state index is 0.185. The largest absolute Gasteiger partial charge is 0.325 e. The van der Waals surface area contributed by atoms with E-state index in [0.717, 1.165) is 38.6 Å². The van der Waals surface area contributed by atoms with Gasteiger partial charge in [0, 0.05) is 10.6 Å². The molecule has 0 aromatic heterocycles. The second-order valence-electron chi connectivity index (χ2n) is 8.85. The highest BCUT2D eigenvalue weighted by molar-refractivity contribution is 7.99. The topological polar surface area (TPSA) is 69.7 Å². The summed E-state index contributed by atoms with van der Waals surface area (Å²) < 4.78 is 0. The number of anilines is 1. The Bertz CT molecular complexity index is 1310. The second-order valence-corrected chi connectivity index (χ2v) is 9.91. The fourth-order valence-electron chi connectivity index (χ4n) is 5.36. The Balaban J connectivity index is 1.33. The number of hydrogen-bond acceptors (Lipinski definition) is 4. The van der Waals surface area contributed by atoms with Crippen LogP contribution in [0.2, 0.25) is 0 Å². The van der Waals surface area contributed by atoms with Crippen LogP contribution in [0, 0.1) is 0 Å². The number of rotatable bonds is 3. The molecule has 3 aromatic carbocycles. The molecule has 0 radical (unpaired) electrons. The van der Waals surface area contributed by atoms with Crippen molar-refractivity contribution in [3.8, 4) is 0 Å². The molecule has 1 N–H and O–H groups in total. The van der Waals surface area contributed by atoms with E-state index in [1.54, 1.807) is 16.7 Å². The summed E-state index contributed by atoms with van der Waals surface area (Å²) in [6.45, 7) is -0.295. The van der Waals surface area contributed by atoms with Gasteiger partial charge in [0.25, 0.3) is 5.91 Å². The Hall–Kier alpha value is -3.58. The van der Waals surface area contributed by atoms with Crippen LogP contribution < -0.4 is 10.2 Å². The lowest BCUT2D eigenvalue weighted by atomic mass is 9.92. The molecule has 2 aliphatic heterocycles. The van der Waals surface area contributed by atoms with Gasteiger partial charge in [-0.2, -0.15) is 0 Å². The number of carbonyl (C=O) groups excluding carboxylic acids is 3. The molecule has 0 bridgehead atoms. The highest BCUT2D eigenvalue weighted by Gasteiger charge is 2.55. The number of carbonyl (C=O) groups is 3. The molecule has 4 amide bonds. The van der Waals surface area contributed by atoms with Gasteiger partial charge in [0.2, 0.25) is 5.91 Å². The van der Waals surface area contributed by atoms with Crippen LogP contribution in [0.5, 0.6) is 0 Å². The third-order valence-electron chi connectivity index (χ3n) is 7.00. The van der Waals surface area contributed by atoms with Crippen LogP contribution in [0.1, 0.15) is 29.2 Å². The third-order valence-corrected chi connectivity index (χ3v) is 8.14. The first-order valence-corrected chi connectivity index (χ1v) is 12.4. The van der Waals surface area contributed by atoms with Crippen molar-refractivity contribution < 1.29 is 14.4 Å². The minimum atomic E-state index is -1.07. The van der Waals surface area contributed by atoms with Gasteiger partial charge in [-0.3, -0.25) is 14.5 Å². The summed E-state index contributed by atoms with van der Waals surface area (Å²) in [6.07, 6.45) is 1.23. The predicted molar refractivity (Wildman–Crippen MR) is 131 cm³/mol. The number of imide groups is 1. The molecule has 6 nitrogen and oxygen atoms in total. The molecule has 3 aromatic rings. The first-order valence-electron chi connectivity index (χ1n) is 11.4. The van der Waals surface area contributed by atoms with Crippen LogP contribution >= 0.6 is 11.8 Å². The zero-order valence-corrected chi connectivity index (χ0v) is 19.3. The number of amides is 4. The average Bonchev–Trinajstić information content (AvgIpc) is 3.36. The molecule has 2 heterocycles. The van der Waals surface area contributed by atoms with Crippen molar-refractivity contribution in [3.05, 3.63) is 95.6 Å². The van der Waals surface area contributed by atoms with Crippen molar-refractivity contribution in [2.75, 3.05) is 17.2 Å². The summed E-state index contributed by atoms with van der Waals surface area (Å²) in [5.41, 5.74) is 2.67. The van der Waals surface area contributed by atoms with Gasteiger partial charge >= 0.3 is 6.03 Å². The van der Waals surface area contributed by atoms with Crippen LogP contribution in [-0.4, -0.2) is 35.0 Å². The SMILES string of the molecule is O=C1N[C@@]2(CCc3ccccc32)C(=O)N1CC(=O)N1c2ccccc2SC[C@H]1c1ccccc1. The number of nitrogens with zero attached hydrogens (tertiary/aromatic N) is 2. The highest BCUT2D eigenvalue weighted by Crippen LogP contribution is 2.44. The number of fused-ring (bicyclic) bond motifs is 3. The summed E-state index contributed by atoms with van der Waals surface area (Å²) in [4.78, 5) is 44.2. The maximum Gasteiger partial charge on any atom is 0.325 e. The number of aryl methyl sites for hydroxylation is 1. The monoisotopic (exact) mass is 469 g/mol. The standard InChI is InChI=1S/C27H23N3O3S/c31-24(16-29-25(32)27(28-26(29)33)15-14-18-8-4-5-11-20(18)27)30-21-12-6-7-13-23(21)34-17-22(30)19-9-2-1-3-10-19/h1-13,22H,14-17H2,(H,28,33)/t22-,27+/m0/s1. The molecule has 6 rings (SSSR count). The Kier molecular flexibility index (Phi) is 4.95. The van der Waals surface area contributed by atoms with Crippen molar-refractivity contribution in [3.63, 3.8) is 0 Å². The second kappa shape index (κ2) is 8.02. The van der Waals surface area contributed by atoms with Gasteiger partial charge in [0.15, 0.2) is 0 Å². The van der Waals surface area contributed by atoms with E-state index in [1.165, 1.54) is 0 Å². The van der Waals surface area contributed by atoms with E-state index in [4.69, 9.17) is 0 Å². The minimum Gasteiger partial charge on any atom is -0.319 e. The molecule has 2 atom stereocenters. The summed E-state index contributed by atoms with van der Waals surface area (Å²) in [7, 11) is 0. The molecule has 1 spiro atoms. The Labute approximate surface area is 201 Å². The van der Waals surface area contributed by atoms with Crippen molar-refractivity contribution >= 4 is 35.3 Å². The van der Waals surface area contributed by atoms with E-state index >= 15 is 0 Å². The summed E-state index contributed by atoms with van der Waals surface area (Å²) in [5, 5.41) is 2.92. The average molecular weight is 470 g/mol. The number of urea groups is 1. The summed E-state index contributed by atoms with van der Waals surface area (Å²) in [6, 6.07) is 24.7. The maximum absolute atomic E-state index is 13.8. The van der Waals surface area contributed by atoms with Crippen LogP contribution in [0.15, 0.2) is 83.8 Å². The van der Waals surface area contributed by atoms with E-state index < -0.39 is 11.6 Å². The van der Waals surface area contributed by atoms with Crippen LogP contribution in [0.3, 0.4) is 0 Å².